The van der Waals surface area contributed by atoms with Gasteiger partial charge >= 0.3 is 0 Å². The lowest BCUT2D eigenvalue weighted by molar-refractivity contribution is -0.122. The van der Waals surface area contributed by atoms with E-state index in [1.54, 1.807) is 26.2 Å². The number of ether oxygens (including phenoxy) is 2. The van der Waals surface area contributed by atoms with Crippen molar-refractivity contribution >= 4 is 34.2 Å². The summed E-state index contributed by atoms with van der Waals surface area (Å²) in [5, 5.41) is 2.82. The third-order valence-electron chi connectivity index (χ3n) is 2.84. The molecule has 0 saturated carbocycles. The molecule has 1 atom stereocenters. The van der Waals surface area contributed by atoms with Gasteiger partial charge in [-0.05, 0) is 65.9 Å². The summed E-state index contributed by atoms with van der Waals surface area (Å²) in [5.41, 5.74) is 0.751. The summed E-state index contributed by atoms with van der Waals surface area (Å²) < 4.78 is 11.9. The Bertz CT molecular complexity index is 613. The smallest absolute Gasteiger partial charge is 0.265 e. The van der Waals surface area contributed by atoms with Gasteiger partial charge in [-0.3, -0.25) is 4.79 Å². The Hall–Kier alpha value is -1.76. The van der Waals surface area contributed by atoms with Gasteiger partial charge in [0.2, 0.25) is 0 Å². The third kappa shape index (κ3) is 4.63. The molecule has 0 fully saturated rings. The Morgan fingerprint density at radius 2 is 1.81 bits per heavy atom. The fourth-order valence-corrected chi connectivity index (χ4v) is 2.07. The van der Waals surface area contributed by atoms with E-state index in [0.29, 0.717) is 11.5 Å². The predicted octanol–water partition coefficient (Wildman–Crippen LogP) is 3.71. The fourth-order valence-electron chi connectivity index (χ4n) is 1.71. The molecule has 0 aromatic heterocycles. The van der Waals surface area contributed by atoms with Crippen molar-refractivity contribution < 1.29 is 14.3 Å². The van der Waals surface area contributed by atoms with Gasteiger partial charge in [-0.15, -0.1) is 0 Å². The summed E-state index contributed by atoms with van der Waals surface area (Å²) in [4.78, 5) is 12.1. The number of anilines is 1. The Morgan fingerprint density at radius 1 is 1.14 bits per heavy atom. The maximum absolute atomic E-state index is 12.1. The first-order chi connectivity index (χ1) is 10.1. The van der Waals surface area contributed by atoms with Crippen molar-refractivity contribution in [2.75, 3.05) is 12.4 Å². The molecule has 4 nitrogen and oxygen atoms in total. The van der Waals surface area contributed by atoms with Crippen LogP contribution in [-0.2, 0) is 4.79 Å². The molecule has 0 heterocycles. The van der Waals surface area contributed by atoms with Crippen molar-refractivity contribution in [2.45, 2.75) is 13.0 Å². The van der Waals surface area contributed by atoms with E-state index in [2.05, 4.69) is 27.9 Å². The number of methoxy groups -OCH3 is 1. The molecule has 0 radical (unpaired) electrons. The zero-order chi connectivity index (χ0) is 15.2. The Morgan fingerprint density at radius 3 is 2.48 bits per heavy atom. The van der Waals surface area contributed by atoms with Crippen LogP contribution in [0.25, 0.3) is 0 Å². The van der Waals surface area contributed by atoms with Crippen molar-refractivity contribution in [1.29, 1.82) is 0 Å². The molecule has 1 N–H and O–H groups in total. The number of carbonyl (C=O) groups is 1. The maximum Gasteiger partial charge on any atom is 0.265 e. The van der Waals surface area contributed by atoms with Crippen molar-refractivity contribution in [3.8, 4) is 11.5 Å². The molecule has 0 aliphatic rings. The van der Waals surface area contributed by atoms with Crippen molar-refractivity contribution in [1.82, 2.24) is 0 Å². The molecule has 21 heavy (non-hydrogen) atoms. The third-order valence-corrected chi connectivity index (χ3v) is 3.55. The molecule has 0 aliphatic carbocycles. The molecular formula is C16H16INO3. The molecule has 5 heteroatoms. The van der Waals surface area contributed by atoms with E-state index in [9.17, 15) is 4.79 Å². The van der Waals surface area contributed by atoms with Gasteiger partial charge in [0, 0.05) is 15.3 Å². The lowest BCUT2D eigenvalue weighted by Gasteiger charge is -2.15. The number of halogens is 1. The van der Waals surface area contributed by atoms with Crippen LogP contribution in [0.5, 0.6) is 11.5 Å². The van der Waals surface area contributed by atoms with Gasteiger partial charge in [-0.25, -0.2) is 0 Å². The number of hydrogen-bond donors (Lipinski definition) is 1. The van der Waals surface area contributed by atoms with Gasteiger partial charge in [0.15, 0.2) is 6.10 Å². The summed E-state index contributed by atoms with van der Waals surface area (Å²) in [7, 11) is 1.59. The van der Waals surface area contributed by atoms with E-state index in [4.69, 9.17) is 9.47 Å². The highest BCUT2D eigenvalue weighted by atomic mass is 127. The van der Waals surface area contributed by atoms with Crippen LogP contribution in [0.15, 0.2) is 48.5 Å². The highest BCUT2D eigenvalue weighted by Crippen LogP contribution is 2.20. The molecule has 0 aliphatic heterocycles. The van der Waals surface area contributed by atoms with E-state index >= 15 is 0 Å². The summed E-state index contributed by atoms with van der Waals surface area (Å²) in [6, 6.07) is 14.8. The van der Waals surface area contributed by atoms with Crippen LogP contribution in [0.1, 0.15) is 6.92 Å². The predicted molar refractivity (Wildman–Crippen MR) is 90.9 cm³/mol. The molecule has 1 amide bonds. The number of benzene rings is 2. The molecular weight excluding hydrogens is 381 g/mol. The fraction of sp³-hybridized carbons (Fsp3) is 0.188. The summed E-state index contributed by atoms with van der Waals surface area (Å²) in [6.07, 6.45) is -0.601. The van der Waals surface area contributed by atoms with Gasteiger partial charge < -0.3 is 14.8 Å². The zero-order valence-corrected chi connectivity index (χ0v) is 14.0. The monoisotopic (exact) mass is 397 g/mol. The molecule has 2 rings (SSSR count). The minimum Gasteiger partial charge on any atom is -0.497 e. The van der Waals surface area contributed by atoms with Crippen molar-refractivity contribution in [2.24, 2.45) is 0 Å². The van der Waals surface area contributed by atoms with Gasteiger partial charge in [0.1, 0.15) is 11.5 Å². The molecule has 2 aromatic rings. The lowest BCUT2D eigenvalue weighted by atomic mass is 10.3. The molecule has 0 bridgehead atoms. The maximum atomic E-state index is 12.1. The van der Waals surface area contributed by atoms with E-state index in [-0.39, 0.29) is 5.91 Å². The molecule has 110 valence electrons. The van der Waals surface area contributed by atoms with Crippen LogP contribution in [0, 0.1) is 3.57 Å². The Labute approximate surface area is 137 Å². The van der Waals surface area contributed by atoms with Gasteiger partial charge in [0.25, 0.3) is 5.91 Å². The average molecular weight is 397 g/mol. The second-order valence-electron chi connectivity index (χ2n) is 4.44. The van der Waals surface area contributed by atoms with E-state index in [1.165, 1.54) is 0 Å². The summed E-state index contributed by atoms with van der Waals surface area (Å²) in [6.45, 7) is 1.71. The minimum absolute atomic E-state index is 0.195. The quantitative estimate of drug-likeness (QED) is 0.783. The number of hydrogen-bond acceptors (Lipinski definition) is 3. The van der Waals surface area contributed by atoms with Crippen LogP contribution in [0.4, 0.5) is 5.69 Å². The van der Waals surface area contributed by atoms with Crippen molar-refractivity contribution in [3.05, 3.63) is 52.1 Å². The Balaban J connectivity index is 1.97. The van der Waals surface area contributed by atoms with Crippen LogP contribution in [0.3, 0.4) is 0 Å². The SMILES string of the molecule is COc1cccc(OC(C)C(=O)Nc2ccc(I)cc2)c1. The van der Waals surface area contributed by atoms with Crippen LogP contribution < -0.4 is 14.8 Å². The Kier molecular flexibility index (Phi) is 5.44. The number of rotatable bonds is 5. The number of carbonyl (C=O) groups excluding carboxylic acids is 1. The molecule has 0 saturated heterocycles. The number of nitrogens with one attached hydrogen (secondary N) is 1. The zero-order valence-electron chi connectivity index (χ0n) is 11.8. The summed E-state index contributed by atoms with van der Waals surface area (Å²) >= 11 is 2.22. The van der Waals surface area contributed by atoms with Crippen LogP contribution in [-0.4, -0.2) is 19.1 Å². The van der Waals surface area contributed by atoms with Crippen LogP contribution in [0.2, 0.25) is 0 Å². The molecule has 1 unspecified atom stereocenters. The molecule has 0 spiro atoms. The van der Waals surface area contributed by atoms with E-state index in [1.807, 2.05) is 36.4 Å². The van der Waals surface area contributed by atoms with Gasteiger partial charge in [0.05, 0.1) is 7.11 Å². The summed E-state index contributed by atoms with van der Waals surface area (Å²) in [5.74, 6) is 1.09. The highest BCUT2D eigenvalue weighted by Gasteiger charge is 2.15. The topological polar surface area (TPSA) is 47.6 Å². The first-order valence-corrected chi connectivity index (χ1v) is 7.53. The van der Waals surface area contributed by atoms with E-state index < -0.39 is 6.10 Å². The van der Waals surface area contributed by atoms with Crippen LogP contribution >= 0.6 is 22.6 Å². The highest BCUT2D eigenvalue weighted by molar-refractivity contribution is 14.1. The second-order valence-corrected chi connectivity index (χ2v) is 5.68. The van der Waals surface area contributed by atoms with Gasteiger partial charge in [-0.2, -0.15) is 0 Å². The van der Waals surface area contributed by atoms with E-state index in [0.717, 1.165) is 9.26 Å². The lowest BCUT2D eigenvalue weighted by Crippen LogP contribution is -2.30. The first kappa shape index (κ1) is 15.6. The largest absolute Gasteiger partial charge is 0.497 e. The minimum atomic E-state index is -0.601. The standard InChI is InChI=1S/C16H16INO3/c1-11(21-15-5-3-4-14(10-15)20-2)16(19)18-13-8-6-12(17)7-9-13/h3-11H,1-2H3,(H,18,19). The average Bonchev–Trinajstić information content (AvgIpc) is 2.49. The molecule has 2 aromatic carbocycles. The normalized spacial score (nSPS) is 11.6. The van der Waals surface area contributed by atoms with Gasteiger partial charge in [-0.1, -0.05) is 6.07 Å². The number of amides is 1. The first-order valence-electron chi connectivity index (χ1n) is 6.45. The second kappa shape index (κ2) is 7.31. The van der Waals surface area contributed by atoms with Crippen molar-refractivity contribution in [3.63, 3.8) is 0 Å².